The molecule has 0 radical (unpaired) electrons. The van der Waals surface area contributed by atoms with Crippen LogP contribution < -0.4 is 14.8 Å². The highest BCUT2D eigenvalue weighted by atomic mass is 32.1. The van der Waals surface area contributed by atoms with Crippen molar-refractivity contribution in [1.82, 2.24) is 4.98 Å². The summed E-state index contributed by atoms with van der Waals surface area (Å²) in [6, 6.07) is 9.33. The standard InChI is InChI=1S/C20H17N3O7S/c1-28-15-7-3-12(9-16(15)29-2)4-8-19(25)30-11-18(24)22-20-21-14-6-5-13(23(26)27)10-17(14)31-20/h3-10H,11H2,1-2H3,(H,21,22,24)/b8-4+. The Hall–Kier alpha value is -3.99. The Kier molecular flexibility index (Phi) is 6.78. The number of aromatic nitrogens is 1. The van der Waals surface area contributed by atoms with Gasteiger partial charge in [0.2, 0.25) is 0 Å². The number of benzene rings is 2. The third kappa shape index (κ3) is 5.54. The lowest BCUT2D eigenvalue weighted by Crippen LogP contribution is -2.19. The van der Waals surface area contributed by atoms with Crippen molar-refractivity contribution in [3.63, 3.8) is 0 Å². The largest absolute Gasteiger partial charge is 0.493 e. The highest BCUT2D eigenvalue weighted by molar-refractivity contribution is 7.22. The third-order valence-corrected chi connectivity index (χ3v) is 4.93. The lowest BCUT2D eigenvalue weighted by molar-refractivity contribution is -0.384. The molecule has 11 heteroatoms. The molecule has 160 valence electrons. The first kappa shape index (κ1) is 21.7. The van der Waals surface area contributed by atoms with E-state index in [1.807, 2.05) is 0 Å². The molecule has 1 N–H and O–H groups in total. The van der Waals surface area contributed by atoms with E-state index in [1.165, 1.54) is 44.6 Å². The minimum atomic E-state index is -0.704. The van der Waals surface area contributed by atoms with Gasteiger partial charge in [-0.1, -0.05) is 17.4 Å². The molecule has 0 aliphatic heterocycles. The number of anilines is 1. The predicted molar refractivity (Wildman–Crippen MR) is 114 cm³/mol. The Balaban J connectivity index is 1.54. The Labute approximate surface area is 180 Å². The van der Waals surface area contributed by atoms with Crippen molar-refractivity contribution in [3.8, 4) is 11.5 Å². The minimum Gasteiger partial charge on any atom is -0.493 e. The van der Waals surface area contributed by atoms with Gasteiger partial charge in [0.1, 0.15) is 0 Å². The number of hydrogen-bond acceptors (Lipinski definition) is 9. The Morgan fingerprint density at radius 1 is 1.16 bits per heavy atom. The van der Waals surface area contributed by atoms with E-state index in [4.69, 9.17) is 14.2 Å². The van der Waals surface area contributed by atoms with Crippen LogP contribution in [0.2, 0.25) is 0 Å². The summed E-state index contributed by atoms with van der Waals surface area (Å²) >= 11 is 1.08. The maximum absolute atomic E-state index is 12.0. The van der Waals surface area contributed by atoms with Crippen LogP contribution in [0.5, 0.6) is 11.5 Å². The zero-order valence-electron chi connectivity index (χ0n) is 16.5. The van der Waals surface area contributed by atoms with E-state index < -0.39 is 23.4 Å². The zero-order valence-corrected chi connectivity index (χ0v) is 17.3. The van der Waals surface area contributed by atoms with E-state index in [-0.39, 0.29) is 10.8 Å². The smallest absolute Gasteiger partial charge is 0.331 e. The lowest BCUT2D eigenvalue weighted by Gasteiger charge is -2.07. The number of esters is 1. The summed E-state index contributed by atoms with van der Waals surface area (Å²) in [5.41, 5.74) is 1.13. The van der Waals surface area contributed by atoms with Crippen molar-refractivity contribution in [1.29, 1.82) is 0 Å². The second-order valence-electron chi connectivity index (χ2n) is 6.03. The Bertz CT molecular complexity index is 1170. The Morgan fingerprint density at radius 3 is 2.65 bits per heavy atom. The van der Waals surface area contributed by atoms with Crippen molar-refractivity contribution < 1.29 is 28.7 Å². The van der Waals surface area contributed by atoms with Crippen LogP contribution in [0.1, 0.15) is 5.56 Å². The summed E-state index contributed by atoms with van der Waals surface area (Å²) < 4.78 is 15.8. The van der Waals surface area contributed by atoms with Gasteiger partial charge >= 0.3 is 5.97 Å². The summed E-state index contributed by atoms with van der Waals surface area (Å²) in [6.07, 6.45) is 2.70. The summed E-state index contributed by atoms with van der Waals surface area (Å²) in [5.74, 6) is -0.215. The number of nitrogens with zero attached hydrogens (tertiary/aromatic N) is 2. The van der Waals surface area contributed by atoms with Gasteiger partial charge in [0.05, 0.1) is 29.4 Å². The lowest BCUT2D eigenvalue weighted by atomic mass is 10.2. The van der Waals surface area contributed by atoms with Gasteiger partial charge in [-0.3, -0.25) is 20.2 Å². The van der Waals surface area contributed by atoms with Crippen LogP contribution >= 0.6 is 11.3 Å². The molecule has 0 unspecified atom stereocenters. The third-order valence-electron chi connectivity index (χ3n) is 3.99. The number of nitro benzene ring substituents is 1. The maximum atomic E-state index is 12.0. The van der Waals surface area contributed by atoms with E-state index >= 15 is 0 Å². The van der Waals surface area contributed by atoms with Gasteiger partial charge in [-0.05, 0) is 29.8 Å². The quantitative estimate of drug-likeness (QED) is 0.243. The second kappa shape index (κ2) is 9.67. The number of carbonyl (C=O) groups excluding carboxylic acids is 2. The number of nitrogens with one attached hydrogen (secondary N) is 1. The molecular weight excluding hydrogens is 426 g/mol. The van der Waals surface area contributed by atoms with Crippen LogP contribution in [0, 0.1) is 10.1 Å². The summed E-state index contributed by atoms with van der Waals surface area (Å²) in [4.78, 5) is 38.4. The van der Waals surface area contributed by atoms with E-state index in [0.717, 1.165) is 11.3 Å². The van der Waals surface area contributed by atoms with Crippen LogP contribution in [-0.2, 0) is 14.3 Å². The minimum absolute atomic E-state index is 0.0655. The summed E-state index contributed by atoms with van der Waals surface area (Å²) in [5, 5.41) is 13.6. The number of non-ortho nitro benzene ring substituents is 1. The highest BCUT2D eigenvalue weighted by Crippen LogP contribution is 2.29. The Morgan fingerprint density at radius 2 is 1.94 bits per heavy atom. The number of amides is 1. The zero-order chi connectivity index (χ0) is 22.4. The number of nitro groups is 1. The number of thiazole rings is 1. The number of ether oxygens (including phenoxy) is 3. The highest BCUT2D eigenvalue weighted by Gasteiger charge is 2.13. The molecule has 0 spiro atoms. The molecule has 10 nitrogen and oxygen atoms in total. The average Bonchev–Trinajstić information content (AvgIpc) is 3.17. The molecule has 3 aromatic rings. The number of rotatable bonds is 8. The van der Waals surface area contributed by atoms with Crippen LogP contribution in [0.4, 0.5) is 10.8 Å². The molecule has 1 aromatic heterocycles. The van der Waals surface area contributed by atoms with Crippen molar-refractivity contribution in [3.05, 3.63) is 58.2 Å². The SMILES string of the molecule is COc1ccc(/C=C/C(=O)OCC(=O)Nc2nc3ccc([N+](=O)[O-])cc3s2)cc1OC. The fraction of sp³-hybridized carbons (Fsp3) is 0.150. The van der Waals surface area contributed by atoms with Gasteiger partial charge in [-0.25, -0.2) is 9.78 Å². The van der Waals surface area contributed by atoms with Crippen LogP contribution in [0.15, 0.2) is 42.5 Å². The van der Waals surface area contributed by atoms with E-state index in [0.29, 0.717) is 27.3 Å². The van der Waals surface area contributed by atoms with Crippen molar-refractivity contribution in [2.24, 2.45) is 0 Å². The van der Waals surface area contributed by atoms with E-state index in [9.17, 15) is 19.7 Å². The monoisotopic (exact) mass is 443 g/mol. The number of methoxy groups -OCH3 is 2. The molecule has 0 aliphatic rings. The van der Waals surface area contributed by atoms with Crippen molar-refractivity contribution in [2.45, 2.75) is 0 Å². The van der Waals surface area contributed by atoms with Crippen LogP contribution in [0.25, 0.3) is 16.3 Å². The van der Waals surface area contributed by atoms with Crippen LogP contribution in [-0.4, -0.2) is 42.6 Å². The van der Waals surface area contributed by atoms with Gasteiger partial charge in [0, 0.05) is 18.2 Å². The van der Waals surface area contributed by atoms with E-state index in [2.05, 4.69) is 10.3 Å². The summed E-state index contributed by atoms with van der Waals surface area (Å²) in [7, 11) is 3.03. The number of fused-ring (bicyclic) bond motifs is 1. The maximum Gasteiger partial charge on any atom is 0.331 e. The second-order valence-corrected chi connectivity index (χ2v) is 7.06. The average molecular weight is 443 g/mol. The first-order valence-corrected chi connectivity index (χ1v) is 9.63. The van der Waals surface area contributed by atoms with Gasteiger partial charge in [0.25, 0.3) is 11.6 Å². The fourth-order valence-corrected chi connectivity index (χ4v) is 3.46. The normalized spacial score (nSPS) is 10.8. The van der Waals surface area contributed by atoms with Crippen LogP contribution in [0.3, 0.4) is 0 Å². The molecule has 31 heavy (non-hydrogen) atoms. The molecule has 0 bridgehead atoms. The molecular formula is C20H17N3O7S. The number of carbonyl (C=O) groups is 2. The van der Waals surface area contributed by atoms with E-state index in [1.54, 1.807) is 18.2 Å². The molecule has 0 saturated heterocycles. The predicted octanol–water partition coefficient (Wildman–Crippen LogP) is 3.42. The molecule has 0 aliphatic carbocycles. The van der Waals surface area contributed by atoms with Crippen molar-refractivity contribution in [2.75, 3.05) is 26.1 Å². The molecule has 0 saturated carbocycles. The fourth-order valence-electron chi connectivity index (χ4n) is 2.54. The molecule has 2 aromatic carbocycles. The van der Waals surface area contributed by atoms with Gasteiger partial charge < -0.3 is 14.2 Å². The van der Waals surface area contributed by atoms with Gasteiger partial charge in [-0.15, -0.1) is 0 Å². The number of hydrogen-bond donors (Lipinski definition) is 1. The van der Waals surface area contributed by atoms with Gasteiger partial charge in [-0.2, -0.15) is 0 Å². The first-order valence-electron chi connectivity index (χ1n) is 8.81. The summed E-state index contributed by atoms with van der Waals surface area (Å²) in [6.45, 7) is -0.509. The topological polar surface area (TPSA) is 130 Å². The first-order chi connectivity index (χ1) is 14.9. The van der Waals surface area contributed by atoms with Crippen molar-refractivity contribution >= 4 is 50.3 Å². The molecule has 0 atom stereocenters. The molecule has 1 heterocycles. The molecule has 3 rings (SSSR count). The van der Waals surface area contributed by atoms with Gasteiger partial charge in [0.15, 0.2) is 23.2 Å². The molecule has 0 fully saturated rings. The molecule has 1 amide bonds.